The number of hydrogen-bond donors (Lipinski definition) is 1. The van der Waals surface area contributed by atoms with E-state index in [1.807, 2.05) is 29.0 Å². The van der Waals surface area contributed by atoms with E-state index in [1.165, 1.54) is 9.75 Å². The van der Waals surface area contributed by atoms with E-state index in [-0.39, 0.29) is 5.91 Å². The molecule has 0 unspecified atom stereocenters. The summed E-state index contributed by atoms with van der Waals surface area (Å²) in [5.74, 6) is 0.0179. The monoisotopic (exact) mass is 251 g/mol. The van der Waals surface area contributed by atoms with Crippen LogP contribution in [-0.4, -0.2) is 5.91 Å². The molecule has 0 aliphatic carbocycles. The molecule has 0 atom stereocenters. The van der Waals surface area contributed by atoms with E-state index in [0.29, 0.717) is 6.54 Å². The summed E-state index contributed by atoms with van der Waals surface area (Å²) in [4.78, 5) is 14.2. The lowest BCUT2D eigenvalue weighted by Gasteiger charge is -2.00. The van der Waals surface area contributed by atoms with Crippen LogP contribution in [-0.2, 0) is 13.0 Å². The quantitative estimate of drug-likeness (QED) is 0.887. The Morgan fingerprint density at radius 3 is 2.88 bits per heavy atom. The van der Waals surface area contributed by atoms with Crippen LogP contribution in [0.1, 0.15) is 27.0 Å². The summed E-state index contributed by atoms with van der Waals surface area (Å²) >= 11 is 3.30. The topological polar surface area (TPSA) is 29.1 Å². The van der Waals surface area contributed by atoms with E-state index in [0.717, 1.165) is 12.0 Å². The summed E-state index contributed by atoms with van der Waals surface area (Å²) in [5.41, 5.74) is 0.776. The molecule has 2 nitrogen and oxygen atoms in total. The van der Waals surface area contributed by atoms with Crippen molar-refractivity contribution in [3.63, 3.8) is 0 Å². The van der Waals surface area contributed by atoms with Gasteiger partial charge in [-0.1, -0.05) is 13.0 Å². The molecule has 2 rings (SSSR count). The highest BCUT2D eigenvalue weighted by atomic mass is 32.1. The predicted octanol–water partition coefficient (Wildman–Crippen LogP) is 3.30. The van der Waals surface area contributed by atoms with Crippen LogP contribution in [0.25, 0.3) is 0 Å². The largest absolute Gasteiger partial charge is 0.347 e. The van der Waals surface area contributed by atoms with Gasteiger partial charge in [-0.15, -0.1) is 22.7 Å². The standard InChI is InChI=1S/C12H13NOS2/c1-2-10-6-9(8-16-10)12(14)13-7-11-4-3-5-15-11/h3-6,8H,2,7H2,1H3,(H,13,14). The minimum atomic E-state index is 0.0179. The molecule has 2 aromatic rings. The zero-order chi connectivity index (χ0) is 11.4. The highest BCUT2D eigenvalue weighted by Gasteiger charge is 2.07. The molecule has 2 heterocycles. The lowest BCUT2D eigenvalue weighted by molar-refractivity contribution is 0.0951. The maximum absolute atomic E-state index is 11.8. The molecule has 2 aromatic heterocycles. The van der Waals surface area contributed by atoms with E-state index in [2.05, 4.69) is 12.2 Å². The molecule has 84 valence electrons. The first-order chi connectivity index (χ1) is 7.79. The number of carbonyl (C=O) groups excluding carboxylic acids is 1. The summed E-state index contributed by atoms with van der Waals surface area (Å²) in [7, 11) is 0. The molecule has 1 amide bonds. The van der Waals surface area contributed by atoms with Crippen LogP contribution in [0.15, 0.2) is 29.0 Å². The SMILES string of the molecule is CCc1cc(C(=O)NCc2cccs2)cs1. The van der Waals surface area contributed by atoms with Crippen LogP contribution in [0.3, 0.4) is 0 Å². The second-order valence-electron chi connectivity index (χ2n) is 3.42. The van der Waals surface area contributed by atoms with Gasteiger partial charge in [-0.05, 0) is 23.9 Å². The fourth-order valence-electron chi connectivity index (χ4n) is 1.37. The highest BCUT2D eigenvalue weighted by Crippen LogP contribution is 2.15. The van der Waals surface area contributed by atoms with Crippen molar-refractivity contribution in [2.45, 2.75) is 19.9 Å². The number of aryl methyl sites for hydroxylation is 1. The molecule has 0 fully saturated rings. The van der Waals surface area contributed by atoms with Crippen molar-refractivity contribution in [2.75, 3.05) is 0 Å². The first-order valence-electron chi connectivity index (χ1n) is 5.17. The number of amides is 1. The second-order valence-corrected chi connectivity index (χ2v) is 5.45. The van der Waals surface area contributed by atoms with Gasteiger partial charge in [0.1, 0.15) is 0 Å². The van der Waals surface area contributed by atoms with E-state index < -0.39 is 0 Å². The lowest BCUT2D eigenvalue weighted by atomic mass is 10.2. The third-order valence-corrected chi connectivity index (χ3v) is 4.23. The van der Waals surface area contributed by atoms with E-state index in [4.69, 9.17) is 0 Å². The van der Waals surface area contributed by atoms with Crippen LogP contribution in [0.4, 0.5) is 0 Å². The van der Waals surface area contributed by atoms with Gasteiger partial charge >= 0.3 is 0 Å². The van der Waals surface area contributed by atoms with Crippen molar-refractivity contribution < 1.29 is 4.79 Å². The fourth-order valence-corrected chi connectivity index (χ4v) is 2.83. The molecular weight excluding hydrogens is 238 g/mol. The second kappa shape index (κ2) is 5.27. The number of carbonyl (C=O) groups is 1. The van der Waals surface area contributed by atoms with Crippen molar-refractivity contribution in [1.82, 2.24) is 5.32 Å². The Morgan fingerprint density at radius 1 is 1.38 bits per heavy atom. The third-order valence-electron chi connectivity index (χ3n) is 2.27. The number of nitrogens with one attached hydrogen (secondary N) is 1. The van der Waals surface area contributed by atoms with Crippen LogP contribution in [0, 0.1) is 0 Å². The molecule has 0 saturated carbocycles. The average molecular weight is 251 g/mol. The van der Waals surface area contributed by atoms with Gasteiger partial charge in [0, 0.05) is 15.1 Å². The first-order valence-corrected chi connectivity index (χ1v) is 6.93. The van der Waals surface area contributed by atoms with E-state index >= 15 is 0 Å². The van der Waals surface area contributed by atoms with Gasteiger partial charge in [-0.3, -0.25) is 4.79 Å². The molecular formula is C12H13NOS2. The Balaban J connectivity index is 1.93. The zero-order valence-electron chi connectivity index (χ0n) is 9.03. The van der Waals surface area contributed by atoms with Crippen LogP contribution in [0.5, 0.6) is 0 Å². The van der Waals surface area contributed by atoms with E-state index in [1.54, 1.807) is 22.7 Å². The fraction of sp³-hybridized carbons (Fsp3) is 0.250. The molecule has 0 aliphatic heterocycles. The maximum atomic E-state index is 11.8. The normalized spacial score (nSPS) is 10.3. The van der Waals surface area contributed by atoms with Gasteiger partial charge in [-0.25, -0.2) is 0 Å². The molecule has 0 aliphatic rings. The van der Waals surface area contributed by atoms with Gasteiger partial charge in [0.05, 0.1) is 12.1 Å². The summed E-state index contributed by atoms with van der Waals surface area (Å²) in [6.07, 6.45) is 0.989. The number of rotatable bonds is 4. The van der Waals surface area contributed by atoms with Gasteiger partial charge in [-0.2, -0.15) is 0 Å². The van der Waals surface area contributed by atoms with Crippen molar-refractivity contribution >= 4 is 28.6 Å². The van der Waals surface area contributed by atoms with Crippen LogP contribution >= 0.6 is 22.7 Å². The molecule has 4 heteroatoms. The Hall–Kier alpha value is -1.13. The minimum Gasteiger partial charge on any atom is -0.347 e. The van der Waals surface area contributed by atoms with Gasteiger partial charge in [0.25, 0.3) is 5.91 Å². The predicted molar refractivity (Wildman–Crippen MR) is 69.2 cm³/mol. The Kier molecular flexibility index (Phi) is 3.74. The summed E-state index contributed by atoms with van der Waals surface area (Å²) in [5, 5.41) is 6.85. The molecule has 0 bridgehead atoms. The van der Waals surface area contributed by atoms with Crippen molar-refractivity contribution in [3.05, 3.63) is 44.3 Å². The van der Waals surface area contributed by atoms with Gasteiger partial charge in [0.2, 0.25) is 0 Å². The van der Waals surface area contributed by atoms with E-state index in [9.17, 15) is 4.79 Å². The third kappa shape index (κ3) is 2.71. The lowest BCUT2D eigenvalue weighted by Crippen LogP contribution is -2.21. The average Bonchev–Trinajstić information content (AvgIpc) is 2.96. The molecule has 16 heavy (non-hydrogen) atoms. The molecule has 0 aromatic carbocycles. The van der Waals surface area contributed by atoms with Gasteiger partial charge < -0.3 is 5.32 Å². The molecule has 0 radical (unpaired) electrons. The van der Waals surface area contributed by atoms with Crippen LogP contribution < -0.4 is 5.32 Å². The summed E-state index contributed by atoms with van der Waals surface area (Å²) in [6, 6.07) is 5.98. The molecule has 0 saturated heterocycles. The van der Waals surface area contributed by atoms with Gasteiger partial charge in [0.15, 0.2) is 0 Å². The van der Waals surface area contributed by atoms with Crippen LogP contribution in [0.2, 0.25) is 0 Å². The Bertz CT molecular complexity index is 459. The number of hydrogen-bond acceptors (Lipinski definition) is 3. The highest BCUT2D eigenvalue weighted by molar-refractivity contribution is 7.10. The zero-order valence-corrected chi connectivity index (χ0v) is 10.7. The van der Waals surface area contributed by atoms with Crippen molar-refractivity contribution in [1.29, 1.82) is 0 Å². The van der Waals surface area contributed by atoms with Crippen molar-refractivity contribution in [2.24, 2.45) is 0 Å². The molecule has 1 N–H and O–H groups in total. The first kappa shape index (κ1) is 11.4. The number of thiophene rings is 2. The summed E-state index contributed by atoms with van der Waals surface area (Å²) < 4.78 is 0. The Morgan fingerprint density at radius 2 is 2.25 bits per heavy atom. The minimum absolute atomic E-state index is 0.0179. The maximum Gasteiger partial charge on any atom is 0.252 e. The summed E-state index contributed by atoms with van der Waals surface area (Å²) in [6.45, 7) is 2.72. The van der Waals surface area contributed by atoms with Crippen molar-refractivity contribution in [3.8, 4) is 0 Å². The Labute approximate surface area is 103 Å². The smallest absolute Gasteiger partial charge is 0.252 e. The molecule has 0 spiro atoms.